The lowest BCUT2D eigenvalue weighted by Crippen LogP contribution is -2.32. The van der Waals surface area contributed by atoms with E-state index in [0.29, 0.717) is 23.7 Å². The maximum atomic E-state index is 12.5. The van der Waals surface area contributed by atoms with Crippen molar-refractivity contribution in [3.05, 3.63) is 27.7 Å². The van der Waals surface area contributed by atoms with Gasteiger partial charge in [0.2, 0.25) is 10.0 Å². The average Bonchev–Trinajstić information content (AvgIpc) is 2.37. The van der Waals surface area contributed by atoms with Crippen molar-refractivity contribution in [1.82, 2.24) is 4.31 Å². The second-order valence-corrected chi connectivity index (χ2v) is 6.80. The van der Waals surface area contributed by atoms with Crippen LogP contribution in [0.5, 0.6) is 0 Å². The van der Waals surface area contributed by atoms with E-state index in [9.17, 15) is 8.42 Å². The molecule has 7 heteroatoms. The zero-order chi connectivity index (χ0) is 14.6. The molecule has 0 aromatic heterocycles. The third kappa shape index (κ3) is 3.61. The second kappa shape index (κ2) is 6.90. The van der Waals surface area contributed by atoms with Crippen LogP contribution >= 0.6 is 23.2 Å². The van der Waals surface area contributed by atoms with Crippen molar-refractivity contribution in [3.8, 4) is 0 Å². The number of halogens is 2. The molecular weight excluding hydrogens is 307 g/mol. The van der Waals surface area contributed by atoms with Crippen LogP contribution in [-0.4, -0.2) is 25.8 Å². The number of nitrogens with zero attached hydrogens (tertiary/aromatic N) is 1. The molecule has 0 unspecified atom stereocenters. The summed E-state index contributed by atoms with van der Waals surface area (Å²) in [5, 5.41) is 0.470. The number of hydrogen-bond donors (Lipinski definition) is 1. The number of hydrogen-bond acceptors (Lipinski definition) is 3. The summed E-state index contributed by atoms with van der Waals surface area (Å²) in [6, 6.07) is 2.95. The molecule has 0 bridgehead atoms. The first-order chi connectivity index (χ1) is 8.88. The number of nitrogens with two attached hydrogens (primary N) is 1. The van der Waals surface area contributed by atoms with Gasteiger partial charge >= 0.3 is 0 Å². The molecule has 108 valence electrons. The van der Waals surface area contributed by atoms with E-state index in [4.69, 9.17) is 28.9 Å². The highest BCUT2D eigenvalue weighted by atomic mass is 35.5. The van der Waals surface area contributed by atoms with Gasteiger partial charge in [-0.05, 0) is 24.1 Å². The summed E-state index contributed by atoms with van der Waals surface area (Å²) < 4.78 is 26.5. The quantitative estimate of drug-likeness (QED) is 0.875. The molecule has 0 saturated carbocycles. The van der Waals surface area contributed by atoms with Crippen LogP contribution in [0.1, 0.15) is 25.8 Å². The molecule has 0 atom stereocenters. The van der Waals surface area contributed by atoms with Crippen molar-refractivity contribution >= 4 is 33.2 Å². The molecule has 0 fully saturated rings. The number of rotatable bonds is 6. The lowest BCUT2D eigenvalue weighted by molar-refractivity contribution is 0.427. The van der Waals surface area contributed by atoms with Crippen LogP contribution in [0, 0.1) is 0 Å². The van der Waals surface area contributed by atoms with Gasteiger partial charge in [0.25, 0.3) is 0 Å². The van der Waals surface area contributed by atoms with Crippen molar-refractivity contribution in [1.29, 1.82) is 0 Å². The monoisotopic (exact) mass is 324 g/mol. The Hall–Kier alpha value is -0.330. The number of benzene rings is 1. The van der Waals surface area contributed by atoms with E-state index in [2.05, 4.69) is 0 Å². The number of sulfonamides is 1. The Morgan fingerprint density at radius 1 is 1.26 bits per heavy atom. The Kier molecular flexibility index (Phi) is 6.08. The van der Waals surface area contributed by atoms with E-state index in [1.165, 1.54) is 10.4 Å². The summed E-state index contributed by atoms with van der Waals surface area (Å²) in [7, 11) is -3.64. The molecule has 0 radical (unpaired) electrons. The van der Waals surface area contributed by atoms with Crippen LogP contribution in [0.15, 0.2) is 17.0 Å². The summed E-state index contributed by atoms with van der Waals surface area (Å²) in [4.78, 5) is 0.0254. The maximum absolute atomic E-state index is 12.5. The molecule has 0 heterocycles. The van der Waals surface area contributed by atoms with E-state index in [1.54, 1.807) is 13.0 Å². The lowest BCUT2D eigenvalue weighted by atomic mass is 10.2. The topological polar surface area (TPSA) is 63.4 Å². The molecular formula is C12H18Cl2N2O2S. The third-order valence-corrected chi connectivity index (χ3v) is 5.52. The smallest absolute Gasteiger partial charge is 0.244 e. The molecule has 0 amide bonds. The molecule has 0 saturated heterocycles. The van der Waals surface area contributed by atoms with Crippen molar-refractivity contribution in [2.75, 3.05) is 13.1 Å². The highest BCUT2D eigenvalue weighted by molar-refractivity contribution is 7.89. The van der Waals surface area contributed by atoms with Gasteiger partial charge in [-0.1, -0.05) is 37.0 Å². The zero-order valence-corrected chi connectivity index (χ0v) is 13.3. The molecule has 0 spiro atoms. The standard InChI is InChI=1S/C12H18Cl2N2O2S/c1-3-5-16(4-2)19(17,18)11-7-10(13)6-9(8-15)12(11)14/h6-7H,3-5,8,15H2,1-2H3. The van der Waals surface area contributed by atoms with Crippen molar-refractivity contribution in [2.24, 2.45) is 5.73 Å². The molecule has 1 aromatic rings. The fraction of sp³-hybridized carbons (Fsp3) is 0.500. The first-order valence-electron chi connectivity index (χ1n) is 6.06. The Labute approximate surface area is 124 Å². The molecule has 0 aliphatic carbocycles. The van der Waals surface area contributed by atoms with Gasteiger partial charge in [0, 0.05) is 24.7 Å². The Morgan fingerprint density at radius 3 is 2.37 bits per heavy atom. The van der Waals surface area contributed by atoms with Gasteiger partial charge in [-0.15, -0.1) is 0 Å². The van der Waals surface area contributed by atoms with Crippen molar-refractivity contribution < 1.29 is 8.42 Å². The average molecular weight is 325 g/mol. The summed E-state index contributed by atoms with van der Waals surface area (Å²) in [5.41, 5.74) is 6.08. The Balaban J connectivity index is 3.39. The van der Waals surface area contributed by atoms with Crippen LogP contribution in [-0.2, 0) is 16.6 Å². The van der Waals surface area contributed by atoms with Crippen LogP contribution in [0.3, 0.4) is 0 Å². The van der Waals surface area contributed by atoms with E-state index in [-0.39, 0.29) is 16.5 Å². The highest BCUT2D eigenvalue weighted by Crippen LogP contribution is 2.31. The SMILES string of the molecule is CCCN(CC)S(=O)(=O)c1cc(Cl)cc(CN)c1Cl. The summed E-state index contributed by atoms with van der Waals surface area (Å²) in [6.07, 6.45) is 0.731. The minimum atomic E-state index is -3.64. The van der Waals surface area contributed by atoms with E-state index < -0.39 is 10.0 Å². The Bertz CT molecular complexity index is 547. The molecule has 0 aliphatic rings. The van der Waals surface area contributed by atoms with Crippen LogP contribution in [0.4, 0.5) is 0 Å². The van der Waals surface area contributed by atoms with E-state index in [1.807, 2.05) is 6.92 Å². The van der Waals surface area contributed by atoms with Crippen LogP contribution in [0.2, 0.25) is 10.0 Å². The van der Waals surface area contributed by atoms with Crippen molar-refractivity contribution in [2.45, 2.75) is 31.7 Å². The molecule has 1 rings (SSSR count). The van der Waals surface area contributed by atoms with Crippen molar-refractivity contribution in [3.63, 3.8) is 0 Å². The van der Waals surface area contributed by atoms with Gasteiger partial charge in [-0.25, -0.2) is 8.42 Å². The highest BCUT2D eigenvalue weighted by Gasteiger charge is 2.26. The van der Waals surface area contributed by atoms with Gasteiger partial charge in [-0.3, -0.25) is 0 Å². The fourth-order valence-corrected chi connectivity index (χ4v) is 4.25. The van der Waals surface area contributed by atoms with Crippen LogP contribution < -0.4 is 5.73 Å². The largest absolute Gasteiger partial charge is 0.326 e. The van der Waals surface area contributed by atoms with Gasteiger partial charge in [0.1, 0.15) is 4.90 Å². The fourth-order valence-electron chi connectivity index (χ4n) is 1.79. The third-order valence-electron chi connectivity index (χ3n) is 2.74. The zero-order valence-electron chi connectivity index (χ0n) is 11.0. The van der Waals surface area contributed by atoms with E-state index >= 15 is 0 Å². The maximum Gasteiger partial charge on any atom is 0.244 e. The first kappa shape index (κ1) is 16.7. The van der Waals surface area contributed by atoms with Gasteiger partial charge < -0.3 is 5.73 Å². The molecule has 4 nitrogen and oxygen atoms in total. The molecule has 1 aromatic carbocycles. The summed E-state index contributed by atoms with van der Waals surface area (Å²) >= 11 is 12.1. The first-order valence-corrected chi connectivity index (χ1v) is 8.26. The molecule has 2 N–H and O–H groups in total. The molecule has 19 heavy (non-hydrogen) atoms. The predicted molar refractivity (Wildman–Crippen MR) is 79.1 cm³/mol. The van der Waals surface area contributed by atoms with Gasteiger partial charge in [-0.2, -0.15) is 4.31 Å². The lowest BCUT2D eigenvalue weighted by Gasteiger charge is -2.21. The van der Waals surface area contributed by atoms with Crippen LogP contribution in [0.25, 0.3) is 0 Å². The molecule has 0 aliphatic heterocycles. The normalized spacial score (nSPS) is 12.1. The van der Waals surface area contributed by atoms with Gasteiger partial charge in [0.15, 0.2) is 0 Å². The summed E-state index contributed by atoms with van der Waals surface area (Å²) in [6.45, 7) is 4.68. The minimum Gasteiger partial charge on any atom is -0.326 e. The van der Waals surface area contributed by atoms with Gasteiger partial charge in [0.05, 0.1) is 5.02 Å². The predicted octanol–water partition coefficient (Wildman–Crippen LogP) is 2.87. The second-order valence-electron chi connectivity index (χ2n) is 4.08. The minimum absolute atomic E-state index is 0.0254. The van der Waals surface area contributed by atoms with E-state index in [0.717, 1.165) is 6.42 Å². The Morgan fingerprint density at radius 2 is 1.89 bits per heavy atom. The summed E-state index contributed by atoms with van der Waals surface area (Å²) in [5.74, 6) is 0.